The second kappa shape index (κ2) is 9.29. The summed E-state index contributed by atoms with van der Waals surface area (Å²) in [4.78, 5) is 34.1. The lowest BCUT2D eigenvalue weighted by Crippen LogP contribution is -2.30. The number of nitrogens with zero attached hydrogens (tertiary/aromatic N) is 4. The summed E-state index contributed by atoms with van der Waals surface area (Å²) < 4.78 is 0. The van der Waals surface area contributed by atoms with Crippen LogP contribution in [0.2, 0.25) is 0 Å². The molecule has 1 heterocycles. The summed E-state index contributed by atoms with van der Waals surface area (Å²) in [6.07, 6.45) is 1.82. The van der Waals surface area contributed by atoms with Gasteiger partial charge in [0, 0.05) is 31.9 Å². The van der Waals surface area contributed by atoms with Crippen LogP contribution in [0.15, 0.2) is 23.4 Å². The molecule has 0 unspecified atom stereocenters. The molecule has 0 fully saturated rings. The molecule has 0 aliphatic heterocycles. The summed E-state index contributed by atoms with van der Waals surface area (Å²) in [7, 11) is 3.33. The third-order valence-corrected chi connectivity index (χ3v) is 4.81. The van der Waals surface area contributed by atoms with Crippen molar-refractivity contribution in [1.29, 1.82) is 0 Å². The lowest BCUT2D eigenvalue weighted by molar-refractivity contribution is -0.383. The van der Waals surface area contributed by atoms with Crippen LogP contribution < -0.4 is 15.5 Å². The van der Waals surface area contributed by atoms with Gasteiger partial charge in [-0.15, -0.1) is 0 Å². The van der Waals surface area contributed by atoms with Gasteiger partial charge in [-0.1, -0.05) is 38.6 Å². The van der Waals surface area contributed by atoms with Gasteiger partial charge in [0.2, 0.25) is 11.6 Å². The van der Waals surface area contributed by atoms with Gasteiger partial charge < -0.3 is 15.5 Å². The largest absolute Gasteiger partial charge is 0.355 e. The average Bonchev–Trinajstić information content (AvgIpc) is 2.66. The Morgan fingerprint density at radius 3 is 2.50 bits per heavy atom. The smallest absolute Gasteiger partial charge is 0.353 e. The number of carbonyl (C=O) groups is 1. The monoisotopic (exact) mass is 432 g/mol. The van der Waals surface area contributed by atoms with Gasteiger partial charge in [0.1, 0.15) is 0 Å². The fraction of sp³-hybridized carbons (Fsp3) is 0.450. The number of aryl methyl sites for hydroxylation is 1. The number of aromatic nitrogens is 2. The highest BCUT2D eigenvalue weighted by Crippen LogP contribution is 2.37. The Morgan fingerprint density at radius 1 is 1.30 bits per heavy atom. The zero-order valence-electron chi connectivity index (χ0n) is 18.4. The fourth-order valence-corrected chi connectivity index (χ4v) is 3.35. The third-order valence-electron chi connectivity index (χ3n) is 4.26. The van der Waals surface area contributed by atoms with E-state index in [1.54, 1.807) is 37.2 Å². The van der Waals surface area contributed by atoms with E-state index in [1.807, 2.05) is 13.2 Å². The van der Waals surface area contributed by atoms with E-state index in [9.17, 15) is 14.9 Å². The van der Waals surface area contributed by atoms with Gasteiger partial charge >= 0.3 is 5.69 Å². The molecule has 0 aliphatic carbocycles. The quantitative estimate of drug-likeness (QED) is 0.292. The standard InChI is InChI=1S/C20H28N6O3S/c1-12-8-9-13(18(27)21-5)10-14(12)22-16-15(26(28)29)17(24-19(23-16)30-7)25(6)11-20(2,3)4/h8-10H,11H2,1-7H3,(H,21,27)(H,22,23,24). The first kappa shape index (κ1) is 23.4. The molecular weight excluding hydrogens is 404 g/mol. The topological polar surface area (TPSA) is 113 Å². The van der Waals surface area contributed by atoms with E-state index in [4.69, 9.17) is 0 Å². The molecule has 2 aromatic rings. The Labute approximate surface area is 180 Å². The molecular formula is C20H28N6O3S. The van der Waals surface area contributed by atoms with Crippen LogP contribution in [0.4, 0.5) is 23.0 Å². The number of hydrogen-bond donors (Lipinski definition) is 2. The normalized spacial score (nSPS) is 11.2. The van der Waals surface area contributed by atoms with E-state index >= 15 is 0 Å². The minimum Gasteiger partial charge on any atom is -0.355 e. The number of anilines is 3. The summed E-state index contributed by atoms with van der Waals surface area (Å²) >= 11 is 1.30. The maximum atomic E-state index is 12.0. The molecule has 2 rings (SSSR count). The lowest BCUT2D eigenvalue weighted by atomic mass is 9.96. The summed E-state index contributed by atoms with van der Waals surface area (Å²) in [6.45, 7) is 8.59. The van der Waals surface area contributed by atoms with E-state index in [0.717, 1.165) is 5.56 Å². The van der Waals surface area contributed by atoms with E-state index in [2.05, 4.69) is 41.4 Å². The molecule has 0 spiro atoms. The van der Waals surface area contributed by atoms with Crippen LogP contribution in [0.25, 0.3) is 0 Å². The predicted molar refractivity (Wildman–Crippen MR) is 121 cm³/mol. The second-order valence-electron chi connectivity index (χ2n) is 8.14. The highest BCUT2D eigenvalue weighted by atomic mass is 32.2. The third kappa shape index (κ3) is 5.59. The van der Waals surface area contributed by atoms with Crippen molar-refractivity contribution < 1.29 is 9.72 Å². The van der Waals surface area contributed by atoms with Crippen molar-refractivity contribution in [3.63, 3.8) is 0 Å². The van der Waals surface area contributed by atoms with Crippen LogP contribution in [0.5, 0.6) is 0 Å². The number of benzene rings is 1. The van der Waals surface area contributed by atoms with Crippen molar-refractivity contribution >= 4 is 40.7 Å². The molecule has 0 radical (unpaired) electrons. The first-order valence-electron chi connectivity index (χ1n) is 9.38. The zero-order valence-corrected chi connectivity index (χ0v) is 19.2. The minimum atomic E-state index is -0.473. The molecule has 0 atom stereocenters. The number of thioether (sulfide) groups is 1. The van der Waals surface area contributed by atoms with Crippen LogP contribution in [-0.2, 0) is 0 Å². The van der Waals surface area contributed by atoms with Gasteiger partial charge in [-0.25, -0.2) is 0 Å². The number of amides is 1. The van der Waals surface area contributed by atoms with Gasteiger partial charge in [-0.05, 0) is 36.3 Å². The van der Waals surface area contributed by atoms with Crippen LogP contribution in [0.1, 0.15) is 36.7 Å². The molecule has 9 nitrogen and oxygen atoms in total. The van der Waals surface area contributed by atoms with Crippen LogP contribution >= 0.6 is 11.8 Å². The van der Waals surface area contributed by atoms with Crippen molar-refractivity contribution in [2.75, 3.05) is 37.1 Å². The van der Waals surface area contributed by atoms with Crippen molar-refractivity contribution in [2.24, 2.45) is 5.41 Å². The Balaban J connectivity index is 2.61. The summed E-state index contributed by atoms with van der Waals surface area (Å²) in [5, 5.41) is 18.0. The van der Waals surface area contributed by atoms with Gasteiger partial charge in [0.25, 0.3) is 5.91 Å². The molecule has 1 aromatic heterocycles. The van der Waals surface area contributed by atoms with Crippen LogP contribution in [-0.4, -0.2) is 47.7 Å². The summed E-state index contributed by atoms with van der Waals surface area (Å²) in [6, 6.07) is 5.13. The highest BCUT2D eigenvalue weighted by Gasteiger charge is 2.29. The SMILES string of the molecule is CNC(=O)c1ccc(C)c(Nc2nc(SC)nc(N(C)CC(C)(C)C)c2[N+](=O)[O-])c1. The van der Waals surface area contributed by atoms with Gasteiger partial charge in [0.05, 0.1) is 4.92 Å². The summed E-state index contributed by atoms with van der Waals surface area (Å²) in [5.74, 6) is 0.0924. The molecule has 2 N–H and O–H groups in total. The number of rotatable bonds is 7. The highest BCUT2D eigenvalue weighted by molar-refractivity contribution is 7.98. The van der Waals surface area contributed by atoms with E-state index in [1.165, 1.54) is 11.8 Å². The number of nitrogens with one attached hydrogen (secondary N) is 2. The maximum Gasteiger partial charge on any atom is 0.353 e. The lowest BCUT2D eigenvalue weighted by Gasteiger charge is -2.27. The first-order chi connectivity index (χ1) is 14.0. The number of hydrogen-bond acceptors (Lipinski definition) is 8. The average molecular weight is 433 g/mol. The molecule has 10 heteroatoms. The van der Waals surface area contributed by atoms with Gasteiger partial charge in [-0.2, -0.15) is 9.97 Å². The Bertz CT molecular complexity index is 958. The molecule has 0 aliphatic rings. The molecule has 30 heavy (non-hydrogen) atoms. The van der Waals surface area contributed by atoms with E-state index in [0.29, 0.717) is 23.0 Å². The van der Waals surface area contributed by atoms with Crippen molar-refractivity contribution in [1.82, 2.24) is 15.3 Å². The fourth-order valence-electron chi connectivity index (χ4n) is 2.99. The second-order valence-corrected chi connectivity index (χ2v) is 8.91. The minimum absolute atomic E-state index is 0.0842. The Kier molecular flexibility index (Phi) is 7.25. The molecule has 1 aromatic carbocycles. The Morgan fingerprint density at radius 2 is 1.97 bits per heavy atom. The zero-order chi connectivity index (χ0) is 22.6. The van der Waals surface area contributed by atoms with Crippen molar-refractivity contribution in [3.05, 3.63) is 39.4 Å². The molecule has 0 saturated heterocycles. The van der Waals surface area contributed by atoms with Crippen LogP contribution in [0, 0.1) is 22.5 Å². The first-order valence-corrected chi connectivity index (χ1v) is 10.6. The maximum absolute atomic E-state index is 12.0. The van der Waals surface area contributed by atoms with Gasteiger partial charge in [-0.3, -0.25) is 14.9 Å². The number of nitro groups is 1. The van der Waals surface area contributed by atoms with Crippen molar-refractivity contribution in [2.45, 2.75) is 32.9 Å². The molecule has 0 bridgehead atoms. The van der Waals surface area contributed by atoms with E-state index in [-0.39, 0.29) is 28.6 Å². The van der Waals surface area contributed by atoms with E-state index < -0.39 is 4.92 Å². The van der Waals surface area contributed by atoms with Gasteiger partial charge in [0.15, 0.2) is 5.16 Å². The molecule has 0 saturated carbocycles. The van der Waals surface area contributed by atoms with Crippen LogP contribution in [0.3, 0.4) is 0 Å². The predicted octanol–water partition coefficient (Wildman–Crippen LogP) is 4.00. The molecule has 1 amide bonds. The summed E-state index contributed by atoms with van der Waals surface area (Å²) in [5.41, 5.74) is 1.54. The Hall–Kier alpha value is -2.88. The number of carbonyl (C=O) groups excluding carboxylic acids is 1. The van der Waals surface area contributed by atoms with Crippen molar-refractivity contribution in [3.8, 4) is 0 Å². The molecule has 162 valence electrons.